The van der Waals surface area contributed by atoms with Gasteiger partial charge >= 0.3 is 0 Å². The maximum Gasteiger partial charge on any atom is 0.254 e. The molecule has 0 aliphatic carbocycles. The Balaban J connectivity index is 1.66. The number of likely N-dealkylation sites (tertiary alicyclic amines) is 1. The van der Waals surface area contributed by atoms with Gasteiger partial charge in [0, 0.05) is 43.6 Å². The molecule has 0 aromatic heterocycles. The lowest BCUT2D eigenvalue weighted by Crippen LogP contribution is -2.53. The quantitative estimate of drug-likeness (QED) is 0.442. The van der Waals surface area contributed by atoms with Gasteiger partial charge in [0.15, 0.2) is 11.5 Å². The molecule has 0 unspecified atom stereocenters. The molecule has 1 aliphatic rings. The summed E-state index contributed by atoms with van der Waals surface area (Å²) >= 11 is 0. The second kappa shape index (κ2) is 13.6. The number of rotatable bonds is 11. The predicted molar refractivity (Wildman–Crippen MR) is 144 cm³/mol. The van der Waals surface area contributed by atoms with Crippen molar-refractivity contribution in [2.45, 2.75) is 38.3 Å². The average Bonchev–Trinajstić information content (AvgIpc) is 2.95. The first-order valence-corrected chi connectivity index (χ1v) is 12.6. The number of hydrogen-bond donors (Lipinski definition) is 2. The molecule has 11 nitrogen and oxygen atoms in total. The first-order chi connectivity index (χ1) is 18.7. The van der Waals surface area contributed by atoms with Crippen molar-refractivity contribution >= 4 is 17.7 Å². The fourth-order valence-corrected chi connectivity index (χ4v) is 4.63. The van der Waals surface area contributed by atoms with E-state index in [9.17, 15) is 14.4 Å². The molecule has 11 heteroatoms. The summed E-state index contributed by atoms with van der Waals surface area (Å²) in [6, 6.07) is 7.62. The van der Waals surface area contributed by atoms with Gasteiger partial charge in [-0.25, -0.2) is 0 Å². The average molecular weight is 544 g/mol. The Morgan fingerprint density at radius 3 is 2.00 bits per heavy atom. The van der Waals surface area contributed by atoms with Crippen LogP contribution in [0.25, 0.3) is 0 Å². The Hall–Kier alpha value is -4.15. The fourth-order valence-electron chi connectivity index (χ4n) is 4.63. The first kappa shape index (κ1) is 29.4. The van der Waals surface area contributed by atoms with Crippen molar-refractivity contribution in [3.63, 3.8) is 0 Å². The molecular weight excluding hydrogens is 506 g/mol. The number of benzene rings is 2. The van der Waals surface area contributed by atoms with E-state index in [1.165, 1.54) is 28.3 Å². The minimum atomic E-state index is -0.803. The highest BCUT2D eigenvalue weighted by Crippen LogP contribution is 2.38. The van der Waals surface area contributed by atoms with Crippen LogP contribution in [-0.2, 0) is 16.0 Å². The standard InChI is InChI=1S/C28H37N3O8/c1-17(32)29-22(14-18-13-21(35-2)7-8-23(18)36-3)27(33)30-20-9-11-31(12-10-20)28(34)19-15-24(37-4)26(39-6)25(16-19)38-5/h7-8,13,15-16,20,22H,9-12,14H2,1-6H3,(H,29,32)(H,30,33)/t22-/m0/s1. The van der Waals surface area contributed by atoms with E-state index in [-0.39, 0.29) is 30.2 Å². The van der Waals surface area contributed by atoms with E-state index in [1.807, 2.05) is 0 Å². The SMILES string of the molecule is COc1ccc(OC)c(C[C@H](NC(C)=O)C(=O)NC2CCN(C(=O)c3cc(OC)c(OC)c(OC)c3)CC2)c1. The van der Waals surface area contributed by atoms with E-state index >= 15 is 0 Å². The second-order valence-corrected chi connectivity index (χ2v) is 9.12. The third kappa shape index (κ3) is 7.24. The Kier molecular flexibility index (Phi) is 10.2. The maximum atomic E-state index is 13.2. The number of nitrogens with one attached hydrogen (secondary N) is 2. The van der Waals surface area contributed by atoms with E-state index in [2.05, 4.69) is 10.6 Å². The molecule has 2 aromatic carbocycles. The van der Waals surface area contributed by atoms with Crippen LogP contribution in [0.5, 0.6) is 28.7 Å². The summed E-state index contributed by atoms with van der Waals surface area (Å²) in [4.78, 5) is 40.1. The molecule has 0 bridgehead atoms. The fraction of sp³-hybridized carbons (Fsp3) is 0.464. The normalized spacial score (nSPS) is 14.2. The lowest BCUT2D eigenvalue weighted by atomic mass is 10.0. The molecule has 2 N–H and O–H groups in total. The molecule has 1 atom stereocenters. The molecule has 3 amide bonds. The van der Waals surface area contributed by atoms with E-state index in [4.69, 9.17) is 23.7 Å². The van der Waals surface area contributed by atoms with Crippen LogP contribution in [0.1, 0.15) is 35.7 Å². The summed E-state index contributed by atoms with van der Waals surface area (Å²) in [5.41, 5.74) is 1.15. The summed E-state index contributed by atoms with van der Waals surface area (Å²) in [5, 5.41) is 5.78. The summed E-state index contributed by atoms with van der Waals surface area (Å²) in [7, 11) is 7.61. The van der Waals surface area contributed by atoms with Crippen LogP contribution in [0.2, 0.25) is 0 Å². The Morgan fingerprint density at radius 2 is 1.49 bits per heavy atom. The van der Waals surface area contributed by atoms with Crippen molar-refractivity contribution in [1.82, 2.24) is 15.5 Å². The van der Waals surface area contributed by atoms with Gasteiger partial charge < -0.3 is 39.2 Å². The zero-order chi connectivity index (χ0) is 28.5. The van der Waals surface area contributed by atoms with Crippen LogP contribution in [0.15, 0.2) is 30.3 Å². The highest BCUT2D eigenvalue weighted by Gasteiger charge is 2.29. The van der Waals surface area contributed by atoms with E-state index in [1.54, 1.807) is 49.5 Å². The third-order valence-corrected chi connectivity index (χ3v) is 6.65. The largest absolute Gasteiger partial charge is 0.497 e. The van der Waals surface area contributed by atoms with Crippen LogP contribution < -0.4 is 34.3 Å². The van der Waals surface area contributed by atoms with Gasteiger partial charge in [-0.2, -0.15) is 0 Å². The van der Waals surface area contributed by atoms with Gasteiger partial charge in [0.2, 0.25) is 17.6 Å². The number of hydrogen-bond acceptors (Lipinski definition) is 8. The third-order valence-electron chi connectivity index (χ3n) is 6.65. The van der Waals surface area contributed by atoms with E-state index in [0.29, 0.717) is 60.2 Å². The van der Waals surface area contributed by atoms with Gasteiger partial charge in [0.25, 0.3) is 5.91 Å². The molecule has 0 radical (unpaired) electrons. The van der Waals surface area contributed by atoms with Crippen molar-refractivity contribution in [3.05, 3.63) is 41.5 Å². The first-order valence-electron chi connectivity index (χ1n) is 12.6. The molecule has 0 spiro atoms. The number of ether oxygens (including phenoxy) is 5. The van der Waals surface area contributed by atoms with Crippen LogP contribution >= 0.6 is 0 Å². The van der Waals surface area contributed by atoms with Crippen LogP contribution in [0, 0.1) is 0 Å². The van der Waals surface area contributed by atoms with Gasteiger partial charge in [-0.15, -0.1) is 0 Å². The lowest BCUT2D eigenvalue weighted by molar-refractivity contribution is -0.128. The molecule has 2 aromatic rings. The topological polar surface area (TPSA) is 125 Å². The van der Waals surface area contributed by atoms with Crippen molar-refractivity contribution in [3.8, 4) is 28.7 Å². The van der Waals surface area contributed by atoms with Gasteiger partial charge in [0.1, 0.15) is 17.5 Å². The molecule has 212 valence electrons. The van der Waals surface area contributed by atoms with Gasteiger partial charge in [-0.05, 0) is 43.2 Å². The van der Waals surface area contributed by atoms with Crippen molar-refractivity contribution in [2.75, 3.05) is 48.6 Å². The molecule has 1 aliphatic heterocycles. The molecule has 1 fully saturated rings. The smallest absolute Gasteiger partial charge is 0.254 e. The minimum Gasteiger partial charge on any atom is -0.497 e. The van der Waals surface area contributed by atoms with Gasteiger partial charge in [-0.3, -0.25) is 14.4 Å². The van der Waals surface area contributed by atoms with Gasteiger partial charge in [0.05, 0.1) is 35.5 Å². The van der Waals surface area contributed by atoms with E-state index in [0.717, 1.165) is 5.56 Å². The highest BCUT2D eigenvalue weighted by atomic mass is 16.5. The summed E-state index contributed by atoms with van der Waals surface area (Å²) in [6.07, 6.45) is 1.36. The Labute approximate surface area is 228 Å². The van der Waals surface area contributed by atoms with Gasteiger partial charge in [-0.1, -0.05) is 0 Å². The highest BCUT2D eigenvalue weighted by molar-refractivity contribution is 5.95. The number of methoxy groups -OCH3 is 5. The lowest BCUT2D eigenvalue weighted by Gasteiger charge is -2.33. The van der Waals surface area contributed by atoms with Crippen molar-refractivity contribution < 1.29 is 38.1 Å². The summed E-state index contributed by atoms with van der Waals surface area (Å²) in [6.45, 7) is 2.28. The van der Waals surface area contributed by atoms with E-state index < -0.39 is 6.04 Å². The molecule has 39 heavy (non-hydrogen) atoms. The number of piperidine rings is 1. The number of carbonyl (C=O) groups excluding carboxylic acids is 3. The molecule has 0 saturated carbocycles. The molecule has 3 rings (SSSR count). The number of amides is 3. The molecule has 1 saturated heterocycles. The minimum absolute atomic E-state index is 0.148. The Morgan fingerprint density at radius 1 is 0.872 bits per heavy atom. The zero-order valence-electron chi connectivity index (χ0n) is 23.3. The van der Waals surface area contributed by atoms with Crippen LogP contribution in [-0.4, -0.2) is 83.3 Å². The second-order valence-electron chi connectivity index (χ2n) is 9.12. The predicted octanol–water partition coefficient (Wildman–Crippen LogP) is 2.20. The summed E-state index contributed by atoms with van der Waals surface area (Å²) < 4.78 is 26.8. The number of nitrogens with zero attached hydrogens (tertiary/aromatic N) is 1. The molecule has 1 heterocycles. The van der Waals surface area contributed by atoms with Crippen LogP contribution in [0.4, 0.5) is 0 Å². The zero-order valence-corrected chi connectivity index (χ0v) is 23.3. The maximum absolute atomic E-state index is 13.2. The number of carbonyl (C=O) groups is 3. The van der Waals surface area contributed by atoms with Crippen LogP contribution in [0.3, 0.4) is 0 Å². The molecular formula is C28H37N3O8. The Bertz CT molecular complexity index is 1150. The van der Waals surface area contributed by atoms with Crippen molar-refractivity contribution in [2.24, 2.45) is 0 Å². The monoisotopic (exact) mass is 543 g/mol. The summed E-state index contributed by atoms with van der Waals surface area (Å²) in [5.74, 6) is 1.65. The van der Waals surface area contributed by atoms with Crippen molar-refractivity contribution in [1.29, 1.82) is 0 Å².